The van der Waals surface area contributed by atoms with Crippen LogP contribution < -0.4 is 16.4 Å². The number of hydrogen-bond acceptors (Lipinski definition) is 3. The second-order valence-corrected chi connectivity index (χ2v) is 5.12. The molecular weight excluding hydrogens is 218 g/mol. The summed E-state index contributed by atoms with van der Waals surface area (Å²) >= 11 is 0. The largest absolute Gasteiger partial charge is 0.354 e. The van der Waals surface area contributed by atoms with Crippen molar-refractivity contribution in [1.82, 2.24) is 10.6 Å². The van der Waals surface area contributed by atoms with Gasteiger partial charge in [-0.15, -0.1) is 0 Å². The number of rotatable bonds is 2. The summed E-state index contributed by atoms with van der Waals surface area (Å²) in [4.78, 5) is 23.5. The van der Waals surface area contributed by atoms with E-state index < -0.39 is 0 Å². The normalized spacial score (nSPS) is 33.9. The minimum absolute atomic E-state index is 0.00204. The van der Waals surface area contributed by atoms with Gasteiger partial charge >= 0.3 is 0 Å². The lowest BCUT2D eigenvalue weighted by Gasteiger charge is -2.29. The maximum absolute atomic E-state index is 12.0. The van der Waals surface area contributed by atoms with E-state index in [0.29, 0.717) is 0 Å². The first-order valence-corrected chi connectivity index (χ1v) is 6.50. The van der Waals surface area contributed by atoms with Gasteiger partial charge in [0.15, 0.2) is 0 Å². The van der Waals surface area contributed by atoms with Gasteiger partial charge < -0.3 is 16.4 Å². The topological polar surface area (TPSA) is 84.2 Å². The van der Waals surface area contributed by atoms with E-state index in [2.05, 4.69) is 10.6 Å². The van der Waals surface area contributed by atoms with Crippen molar-refractivity contribution >= 4 is 11.8 Å². The van der Waals surface area contributed by atoms with Crippen LogP contribution in [-0.2, 0) is 9.59 Å². The fourth-order valence-corrected chi connectivity index (χ4v) is 2.67. The van der Waals surface area contributed by atoms with Gasteiger partial charge in [0.05, 0.1) is 0 Å². The van der Waals surface area contributed by atoms with Crippen molar-refractivity contribution in [2.24, 2.45) is 11.7 Å². The Morgan fingerprint density at radius 3 is 2.82 bits per heavy atom. The maximum Gasteiger partial charge on any atom is 0.242 e. The Bertz CT molecular complexity index is 306. The minimum Gasteiger partial charge on any atom is -0.354 e. The van der Waals surface area contributed by atoms with Crippen LogP contribution in [0.4, 0.5) is 0 Å². The van der Waals surface area contributed by atoms with E-state index in [1.807, 2.05) is 0 Å². The van der Waals surface area contributed by atoms with Gasteiger partial charge in [0, 0.05) is 18.5 Å². The Kier molecular flexibility index (Phi) is 3.99. The molecule has 4 N–H and O–H groups in total. The van der Waals surface area contributed by atoms with Crippen LogP contribution in [0.2, 0.25) is 0 Å². The third-order valence-corrected chi connectivity index (χ3v) is 3.69. The third kappa shape index (κ3) is 3.19. The number of nitrogens with one attached hydrogen (secondary N) is 2. The average molecular weight is 239 g/mol. The predicted octanol–water partition coefficient (Wildman–Crippen LogP) is -0.101. The molecule has 1 saturated heterocycles. The summed E-state index contributed by atoms with van der Waals surface area (Å²) in [5.41, 5.74) is 5.86. The first-order valence-electron chi connectivity index (χ1n) is 6.50. The molecule has 0 aromatic rings. The molecular formula is C12H21N3O2. The van der Waals surface area contributed by atoms with Gasteiger partial charge in [0.2, 0.25) is 11.8 Å². The molecule has 5 heteroatoms. The Hall–Kier alpha value is -1.10. The zero-order chi connectivity index (χ0) is 12.3. The number of piperidine rings is 1. The quantitative estimate of drug-likeness (QED) is 0.629. The average Bonchev–Trinajstić information content (AvgIpc) is 2.32. The lowest BCUT2D eigenvalue weighted by Crippen LogP contribution is -2.52. The zero-order valence-electron chi connectivity index (χ0n) is 10.1. The van der Waals surface area contributed by atoms with Gasteiger partial charge in [-0.25, -0.2) is 0 Å². The summed E-state index contributed by atoms with van der Waals surface area (Å²) in [6.07, 6.45) is 5.34. The lowest BCUT2D eigenvalue weighted by atomic mass is 9.85. The van der Waals surface area contributed by atoms with Crippen LogP contribution in [0.15, 0.2) is 0 Å². The molecule has 3 unspecified atom stereocenters. The van der Waals surface area contributed by atoms with Crippen LogP contribution in [0.1, 0.15) is 38.5 Å². The lowest BCUT2D eigenvalue weighted by molar-refractivity contribution is -0.132. The summed E-state index contributed by atoms with van der Waals surface area (Å²) in [6, 6.07) is -0.200. The van der Waals surface area contributed by atoms with Crippen molar-refractivity contribution in [3.63, 3.8) is 0 Å². The van der Waals surface area contributed by atoms with Crippen molar-refractivity contribution in [1.29, 1.82) is 0 Å². The SMILES string of the molecule is NC1CCCC(C(=O)NC2CCCNC2=O)C1. The molecule has 0 aromatic heterocycles. The molecule has 0 aromatic carbocycles. The third-order valence-electron chi connectivity index (χ3n) is 3.69. The predicted molar refractivity (Wildman–Crippen MR) is 64.1 cm³/mol. The molecule has 0 bridgehead atoms. The van der Waals surface area contributed by atoms with Gasteiger partial charge in [-0.05, 0) is 32.1 Å². The van der Waals surface area contributed by atoms with Gasteiger partial charge in [0.25, 0.3) is 0 Å². The molecule has 1 aliphatic heterocycles. The van der Waals surface area contributed by atoms with Crippen molar-refractivity contribution in [2.45, 2.75) is 50.6 Å². The highest BCUT2D eigenvalue weighted by Gasteiger charge is 2.29. The van der Waals surface area contributed by atoms with Crippen LogP contribution in [0, 0.1) is 5.92 Å². The highest BCUT2D eigenvalue weighted by Crippen LogP contribution is 2.23. The first kappa shape index (κ1) is 12.4. The molecule has 0 spiro atoms. The Morgan fingerprint density at radius 2 is 2.12 bits per heavy atom. The molecule has 96 valence electrons. The monoisotopic (exact) mass is 239 g/mol. The molecule has 2 amide bonds. The number of hydrogen-bond donors (Lipinski definition) is 3. The first-order chi connectivity index (χ1) is 8.16. The smallest absolute Gasteiger partial charge is 0.242 e. The number of carbonyl (C=O) groups excluding carboxylic acids is 2. The van der Waals surface area contributed by atoms with Crippen molar-refractivity contribution in [3.8, 4) is 0 Å². The van der Waals surface area contributed by atoms with Gasteiger partial charge in [-0.3, -0.25) is 9.59 Å². The summed E-state index contributed by atoms with van der Waals surface area (Å²) in [5, 5.41) is 5.62. The van der Waals surface area contributed by atoms with Crippen LogP contribution in [0.25, 0.3) is 0 Å². The maximum atomic E-state index is 12.0. The fraction of sp³-hybridized carbons (Fsp3) is 0.833. The van der Waals surface area contributed by atoms with Crippen molar-refractivity contribution < 1.29 is 9.59 Å². The van der Waals surface area contributed by atoms with E-state index in [4.69, 9.17) is 5.73 Å². The van der Waals surface area contributed by atoms with Gasteiger partial charge in [-0.1, -0.05) is 6.42 Å². The molecule has 2 rings (SSSR count). The van der Waals surface area contributed by atoms with Crippen molar-refractivity contribution in [2.75, 3.05) is 6.54 Å². The van der Waals surface area contributed by atoms with Crippen molar-refractivity contribution in [3.05, 3.63) is 0 Å². The standard InChI is InChI=1S/C12H21N3O2/c13-9-4-1-3-8(7-9)11(16)15-10-5-2-6-14-12(10)17/h8-10H,1-7,13H2,(H,14,17)(H,15,16). The second kappa shape index (κ2) is 5.49. The van der Waals surface area contributed by atoms with Crippen LogP contribution >= 0.6 is 0 Å². The minimum atomic E-state index is -0.339. The fourth-order valence-electron chi connectivity index (χ4n) is 2.67. The number of amides is 2. The molecule has 1 aliphatic carbocycles. The van der Waals surface area contributed by atoms with Gasteiger partial charge in [-0.2, -0.15) is 0 Å². The summed E-state index contributed by atoms with van der Waals surface area (Å²) < 4.78 is 0. The molecule has 2 fully saturated rings. The molecule has 1 heterocycles. The van der Waals surface area contributed by atoms with E-state index in [9.17, 15) is 9.59 Å². The van der Waals surface area contributed by atoms with E-state index in [0.717, 1.165) is 45.1 Å². The van der Waals surface area contributed by atoms with Gasteiger partial charge in [0.1, 0.15) is 6.04 Å². The highest BCUT2D eigenvalue weighted by molar-refractivity contribution is 5.88. The molecule has 1 saturated carbocycles. The van der Waals surface area contributed by atoms with E-state index in [1.54, 1.807) is 0 Å². The molecule has 5 nitrogen and oxygen atoms in total. The second-order valence-electron chi connectivity index (χ2n) is 5.12. The van der Waals surface area contributed by atoms with Crippen LogP contribution in [0.3, 0.4) is 0 Å². The molecule has 17 heavy (non-hydrogen) atoms. The van der Waals surface area contributed by atoms with Crippen LogP contribution in [-0.4, -0.2) is 30.4 Å². The summed E-state index contributed by atoms with van der Waals surface area (Å²) in [6.45, 7) is 0.722. The van der Waals surface area contributed by atoms with E-state index >= 15 is 0 Å². The summed E-state index contributed by atoms with van der Waals surface area (Å²) in [5.74, 6) is -0.0552. The Balaban J connectivity index is 1.85. The number of nitrogens with two attached hydrogens (primary N) is 1. The highest BCUT2D eigenvalue weighted by atomic mass is 16.2. The molecule has 0 radical (unpaired) electrons. The van der Waals surface area contributed by atoms with E-state index in [-0.39, 0.29) is 29.8 Å². The zero-order valence-corrected chi connectivity index (χ0v) is 10.1. The molecule has 2 aliphatic rings. The van der Waals surface area contributed by atoms with Crippen LogP contribution in [0.5, 0.6) is 0 Å². The number of carbonyl (C=O) groups is 2. The Labute approximate surface area is 102 Å². The Morgan fingerprint density at radius 1 is 1.29 bits per heavy atom. The van der Waals surface area contributed by atoms with E-state index in [1.165, 1.54) is 0 Å². The molecule has 3 atom stereocenters. The summed E-state index contributed by atoms with van der Waals surface area (Å²) in [7, 11) is 0.